The molecule has 2 rings (SSSR count). The quantitative estimate of drug-likeness (QED) is 0.780. The van der Waals surface area contributed by atoms with E-state index in [9.17, 15) is 0 Å². The second kappa shape index (κ2) is 7.77. The molecular formula is C17H28N2O. The van der Waals surface area contributed by atoms with Gasteiger partial charge in [0.2, 0.25) is 0 Å². The van der Waals surface area contributed by atoms with Gasteiger partial charge < -0.3 is 15.3 Å². The van der Waals surface area contributed by atoms with E-state index in [0.29, 0.717) is 12.0 Å². The van der Waals surface area contributed by atoms with Crippen LogP contribution < -0.4 is 5.32 Å². The molecule has 1 fully saturated rings. The third-order valence-corrected chi connectivity index (χ3v) is 4.26. The highest BCUT2D eigenvalue weighted by Crippen LogP contribution is 2.26. The number of nitrogens with one attached hydrogen (secondary N) is 1. The smallest absolute Gasteiger partial charge is 0.0443 e. The van der Waals surface area contributed by atoms with Gasteiger partial charge in [-0.3, -0.25) is 0 Å². The molecule has 0 radical (unpaired) electrons. The molecule has 1 aromatic carbocycles. The lowest BCUT2D eigenvalue weighted by molar-refractivity contribution is 0.200. The Morgan fingerprint density at radius 1 is 1.25 bits per heavy atom. The maximum Gasteiger partial charge on any atom is 0.0443 e. The first-order valence-corrected chi connectivity index (χ1v) is 7.84. The van der Waals surface area contributed by atoms with Gasteiger partial charge in [-0.25, -0.2) is 0 Å². The summed E-state index contributed by atoms with van der Waals surface area (Å²) in [6.07, 6.45) is 3.15. The summed E-state index contributed by atoms with van der Waals surface area (Å²) < 4.78 is 0. The molecule has 0 amide bonds. The summed E-state index contributed by atoms with van der Waals surface area (Å²) in [5.74, 6) is 0.617. The number of nitrogens with zero attached hydrogens (tertiary/aromatic N) is 1. The molecule has 1 aliphatic heterocycles. The Hall–Kier alpha value is -0.900. The fraction of sp³-hybridized carbons (Fsp3) is 0.647. The van der Waals surface area contributed by atoms with Gasteiger partial charge in [0.15, 0.2) is 0 Å². The lowest BCUT2D eigenvalue weighted by Gasteiger charge is -2.36. The number of piperidine rings is 1. The first kappa shape index (κ1) is 15.5. The zero-order valence-corrected chi connectivity index (χ0v) is 12.8. The molecule has 1 saturated heterocycles. The lowest BCUT2D eigenvalue weighted by Crippen LogP contribution is -2.47. The molecule has 112 valence electrons. The molecule has 2 atom stereocenters. The molecule has 20 heavy (non-hydrogen) atoms. The number of benzene rings is 1. The van der Waals surface area contributed by atoms with Crippen molar-refractivity contribution in [3.05, 3.63) is 35.4 Å². The monoisotopic (exact) mass is 276 g/mol. The van der Waals surface area contributed by atoms with Gasteiger partial charge in [-0.1, -0.05) is 31.2 Å². The van der Waals surface area contributed by atoms with Gasteiger partial charge in [0, 0.05) is 25.7 Å². The standard InChI is InChI=1S/C17H28N2O/c1-3-14-5-7-15(8-6-14)16-11-17(13-19(2)12-16)18-9-4-10-20/h5-8,16-18,20H,3-4,9-13H2,1-2H3. The van der Waals surface area contributed by atoms with Gasteiger partial charge in [-0.05, 0) is 49.9 Å². The maximum atomic E-state index is 8.88. The summed E-state index contributed by atoms with van der Waals surface area (Å²) in [4.78, 5) is 2.42. The highest BCUT2D eigenvalue weighted by Gasteiger charge is 2.25. The first-order valence-electron chi connectivity index (χ1n) is 7.84. The third kappa shape index (κ3) is 4.30. The van der Waals surface area contributed by atoms with Gasteiger partial charge in [0.1, 0.15) is 0 Å². The van der Waals surface area contributed by atoms with Crippen LogP contribution in [0, 0.1) is 0 Å². The molecule has 2 N–H and O–H groups in total. The van der Waals surface area contributed by atoms with Crippen molar-refractivity contribution < 1.29 is 5.11 Å². The van der Waals surface area contributed by atoms with E-state index in [4.69, 9.17) is 5.11 Å². The Morgan fingerprint density at radius 3 is 2.65 bits per heavy atom. The molecule has 0 aromatic heterocycles. The molecule has 3 heteroatoms. The van der Waals surface area contributed by atoms with Gasteiger partial charge in [-0.2, -0.15) is 0 Å². The van der Waals surface area contributed by atoms with E-state index >= 15 is 0 Å². The van der Waals surface area contributed by atoms with E-state index in [0.717, 1.165) is 32.5 Å². The Kier molecular flexibility index (Phi) is 6.02. The molecule has 1 heterocycles. The Balaban J connectivity index is 1.95. The molecular weight excluding hydrogens is 248 g/mol. The number of aryl methyl sites for hydroxylation is 1. The molecule has 0 aliphatic carbocycles. The van der Waals surface area contributed by atoms with Crippen molar-refractivity contribution in [2.75, 3.05) is 33.3 Å². The van der Waals surface area contributed by atoms with E-state index in [1.165, 1.54) is 17.5 Å². The maximum absolute atomic E-state index is 8.88. The van der Waals surface area contributed by atoms with E-state index in [-0.39, 0.29) is 6.61 Å². The Bertz CT molecular complexity index is 390. The average molecular weight is 276 g/mol. The van der Waals surface area contributed by atoms with Crippen LogP contribution in [0.15, 0.2) is 24.3 Å². The molecule has 0 bridgehead atoms. The highest BCUT2D eigenvalue weighted by atomic mass is 16.3. The van der Waals surface area contributed by atoms with E-state index < -0.39 is 0 Å². The first-order chi connectivity index (χ1) is 9.72. The van der Waals surface area contributed by atoms with Gasteiger partial charge in [0.25, 0.3) is 0 Å². The minimum absolute atomic E-state index is 0.275. The van der Waals surface area contributed by atoms with Gasteiger partial charge >= 0.3 is 0 Å². The molecule has 3 nitrogen and oxygen atoms in total. The van der Waals surface area contributed by atoms with Crippen molar-refractivity contribution >= 4 is 0 Å². The second-order valence-corrected chi connectivity index (χ2v) is 5.98. The number of likely N-dealkylation sites (tertiary alicyclic amines) is 1. The number of aliphatic hydroxyl groups is 1. The predicted octanol–water partition coefficient (Wildman–Crippen LogP) is 2.01. The molecule has 1 aliphatic rings. The Labute approximate surface area is 123 Å². The van der Waals surface area contributed by atoms with Gasteiger partial charge in [-0.15, -0.1) is 0 Å². The second-order valence-electron chi connectivity index (χ2n) is 5.98. The zero-order valence-electron chi connectivity index (χ0n) is 12.8. The van der Waals surface area contributed by atoms with Crippen LogP contribution in [0.1, 0.15) is 36.8 Å². The van der Waals surface area contributed by atoms with Crippen LogP contribution in [0.5, 0.6) is 0 Å². The molecule has 1 aromatic rings. The van der Waals surface area contributed by atoms with Crippen LogP contribution in [0.3, 0.4) is 0 Å². The minimum Gasteiger partial charge on any atom is -0.396 e. The average Bonchev–Trinajstić information content (AvgIpc) is 2.47. The van der Waals surface area contributed by atoms with E-state index in [2.05, 4.69) is 48.5 Å². The summed E-state index contributed by atoms with van der Waals surface area (Å²) in [5.41, 5.74) is 2.87. The van der Waals surface area contributed by atoms with Crippen molar-refractivity contribution in [2.45, 2.75) is 38.1 Å². The van der Waals surface area contributed by atoms with Crippen molar-refractivity contribution in [1.82, 2.24) is 10.2 Å². The third-order valence-electron chi connectivity index (χ3n) is 4.26. The van der Waals surface area contributed by atoms with E-state index in [1.807, 2.05) is 0 Å². The fourth-order valence-corrected chi connectivity index (χ4v) is 3.12. The largest absolute Gasteiger partial charge is 0.396 e. The minimum atomic E-state index is 0.275. The van der Waals surface area contributed by atoms with Crippen molar-refractivity contribution in [2.24, 2.45) is 0 Å². The van der Waals surface area contributed by atoms with Crippen LogP contribution in [-0.2, 0) is 6.42 Å². The number of likely N-dealkylation sites (N-methyl/N-ethyl adjacent to an activating group) is 1. The summed E-state index contributed by atoms with van der Waals surface area (Å²) >= 11 is 0. The summed E-state index contributed by atoms with van der Waals surface area (Å²) in [5, 5.41) is 12.5. The molecule has 2 unspecified atom stereocenters. The normalized spacial score (nSPS) is 23.9. The van der Waals surface area contributed by atoms with Crippen molar-refractivity contribution in [1.29, 1.82) is 0 Å². The Morgan fingerprint density at radius 2 is 2.00 bits per heavy atom. The number of aliphatic hydroxyl groups excluding tert-OH is 1. The number of rotatable bonds is 6. The topological polar surface area (TPSA) is 35.5 Å². The molecule has 0 spiro atoms. The van der Waals surface area contributed by atoms with Crippen molar-refractivity contribution in [3.63, 3.8) is 0 Å². The van der Waals surface area contributed by atoms with Gasteiger partial charge in [0.05, 0.1) is 0 Å². The predicted molar refractivity (Wildman–Crippen MR) is 84.2 cm³/mol. The summed E-state index contributed by atoms with van der Waals surface area (Å²) in [6.45, 7) is 5.64. The van der Waals surface area contributed by atoms with E-state index in [1.54, 1.807) is 0 Å². The van der Waals surface area contributed by atoms with Crippen LogP contribution in [0.4, 0.5) is 0 Å². The van der Waals surface area contributed by atoms with Crippen LogP contribution in [-0.4, -0.2) is 49.3 Å². The van der Waals surface area contributed by atoms with Crippen LogP contribution in [0.2, 0.25) is 0 Å². The SMILES string of the molecule is CCc1ccc(C2CC(NCCCO)CN(C)C2)cc1. The number of hydrogen-bond acceptors (Lipinski definition) is 3. The molecule has 0 saturated carbocycles. The summed E-state index contributed by atoms with van der Waals surface area (Å²) in [7, 11) is 2.20. The zero-order chi connectivity index (χ0) is 14.4. The summed E-state index contributed by atoms with van der Waals surface area (Å²) in [6, 6.07) is 9.66. The lowest BCUT2D eigenvalue weighted by atomic mass is 9.87. The van der Waals surface area contributed by atoms with Crippen LogP contribution >= 0.6 is 0 Å². The van der Waals surface area contributed by atoms with Crippen LogP contribution in [0.25, 0.3) is 0 Å². The number of hydrogen-bond donors (Lipinski definition) is 2. The highest BCUT2D eigenvalue weighted by molar-refractivity contribution is 5.26. The van der Waals surface area contributed by atoms with Crippen molar-refractivity contribution in [3.8, 4) is 0 Å². The fourth-order valence-electron chi connectivity index (χ4n) is 3.12.